The lowest BCUT2D eigenvalue weighted by Gasteiger charge is -2.13. The first-order valence-corrected chi connectivity index (χ1v) is 7.94. The summed E-state index contributed by atoms with van der Waals surface area (Å²) in [4.78, 5) is 13.4. The van der Waals surface area contributed by atoms with E-state index < -0.39 is 10.0 Å². The van der Waals surface area contributed by atoms with Gasteiger partial charge in [-0.2, -0.15) is 15.0 Å². The average molecular weight is 344 g/mol. The summed E-state index contributed by atoms with van der Waals surface area (Å²) in [5.74, 6) is 0.0965. The SMILES string of the molecule is COc1nc(NS(=O)(=O)c2ccccc2Cl)nc(N(C)C)n1. The van der Waals surface area contributed by atoms with Gasteiger partial charge in [-0.05, 0) is 12.1 Å². The summed E-state index contributed by atoms with van der Waals surface area (Å²) >= 11 is 5.91. The van der Waals surface area contributed by atoms with E-state index in [9.17, 15) is 8.42 Å². The number of nitrogens with one attached hydrogen (secondary N) is 1. The Morgan fingerprint density at radius 1 is 1.18 bits per heavy atom. The van der Waals surface area contributed by atoms with Gasteiger partial charge in [0.25, 0.3) is 10.0 Å². The number of hydrogen-bond donors (Lipinski definition) is 1. The molecule has 1 heterocycles. The Labute approximate surface area is 133 Å². The van der Waals surface area contributed by atoms with Crippen LogP contribution < -0.4 is 14.4 Å². The molecule has 0 spiro atoms. The molecular formula is C12H14ClN5O3S. The predicted octanol–water partition coefficient (Wildman–Crippen LogP) is 1.40. The minimum absolute atomic E-state index is 0.00411. The molecule has 118 valence electrons. The van der Waals surface area contributed by atoms with Crippen LogP contribution in [0.4, 0.5) is 11.9 Å². The molecule has 0 saturated heterocycles. The van der Waals surface area contributed by atoms with Crippen molar-refractivity contribution in [2.45, 2.75) is 4.90 Å². The van der Waals surface area contributed by atoms with Crippen molar-refractivity contribution in [2.24, 2.45) is 0 Å². The molecule has 0 aliphatic heterocycles. The van der Waals surface area contributed by atoms with Crippen molar-refractivity contribution >= 4 is 33.5 Å². The number of anilines is 2. The van der Waals surface area contributed by atoms with Gasteiger partial charge in [-0.25, -0.2) is 13.1 Å². The molecule has 0 aliphatic rings. The zero-order chi connectivity index (χ0) is 16.3. The van der Waals surface area contributed by atoms with Crippen LogP contribution in [-0.2, 0) is 10.0 Å². The van der Waals surface area contributed by atoms with Crippen molar-refractivity contribution in [3.63, 3.8) is 0 Å². The molecule has 2 aromatic rings. The Balaban J connectivity index is 2.42. The van der Waals surface area contributed by atoms with E-state index in [-0.39, 0.29) is 27.8 Å². The van der Waals surface area contributed by atoms with Gasteiger partial charge in [0.2, 0.25) is 11.9 Å². The Bertz CT molecular complexity index is 782. The van der Waals surface area contributed by atoms with Gasteiger partial charge in [-0.15, -0.1) is 0 Å². The quantitative estimate of drug-likeness (QED) is 0.876. The summed E-state index contributed by atoms with van der Waals surface area (Å²) < 4.78 is 31.9. The molecular weight excluding hydrogens is 330 g/mol. The van der Waals surface area contributed by atoms with Gasteiger partial charge in [0.1, 0.15) is 4.90 Å². The predicted molar refractivity (Wildman–Crippen MR) is 83.0 cm³/mol. The number of methoxy groups -OCH3 is 1. The largest absolute Gasteiger partial charge is 0.467 e. The number of ether oxygens (including phenoxy) is 1. The fraction of sp³-hybridized carbons (Fsp3) is 0.250. The highest BCUT2D eigenvalue weighted by Gasteiger charge is 2.20. The summed E-state index contributed by atoms with van der Waals surface area (Å²) in [6.07, 6.45) is 0. The zero-order valence-corrected chi connectivity index (χ0v) is 13.7. The van der Waals surface area contributed by atoms with Crippen LogP contribution in [-0.4, -0.2) is 44.6 Å². The first-order valence-electron chi connectivity index (χ1n) is 6.08. The fourth-order valence-electron chi connectivity index (χ4n) is 1.52. The molecule has 0 radical (unpaired) electrons. The molecule has 2 rings (SSSR count). The van der Waals surface area contributed by atoms with Gasteiger partial charge in [0, 0.05) is 14.1 Å². The lowest BCUT2D eigenvalue weighted by Crippen LogP contribution is -2.19. The van der Waals surface area contributed by atoms with E-state index in [2.05, 4.69) is 19.7 Å². The maximum atomic E-state index is 12.4. The van der Waals surface area contributed by atoms with Gasteiger partial charge >= 0.3 is 6.01 Å². The molecule has 8 nitrogen and oxygen atoms in total. The second-order valence-electron chi connectivity index (χ2n) is 4.38. The summed E-state index contributed by atoms with van der Waals surface area (Å²) in [7, 11) is 0.875. The highest BCUT2D eigenvalue weighted by Crippen LogP contribution is 2.23. The highest BCUT2D eigenvalue weighted by molar-refractivity contribution is 7.92. The second kappa shape index (κ2) is 6.32. The number of nitrogens with zero attached hydrogens (tertiary/aromatic N) is 4. The summed E-state index contributed by atoms with van der Waals surface area (Å²) in [6, 6.07) is 6.07. The van der Waals surface area contributed by atoms with Crippen LogP contribution in [0.3, 0.4) is 0 Å². The van der Waals surface area contributed by atoms with Gasteiger partial charge in [-0.3, -0.25) is 0 Å². The maximum absolute atomic E-state index is 12.4. The molecule has 0 bridgehead atoms. The summed E-state index contributed by atoms with van der Waals surface area (Å²) in [6.45, 7) is 0. The average Bonchev–Trinajstić information content (AvgIpc) is 2.46. The molecule has 1 aromatic carbocycles. The van der Waals surface area contributed by atoms with Gasteiger partial charge in [0.15, 0.2) is 0 Å². The lowest BCUT2D eigenvalue weighted by atomic mass is 10.4. The van der Waals surface area contributed by atoms with E-state index >= 15 is 0 Å². The molecule has 22 heavy (non-hydrogen) atoms. The first kappa shape index (κ1) is 16.2. The number of hydrogen-bond acceptors (Lipinski definition) is 7. The van der Waals surface area contributed by atoms with Crippen molar-refractivity contribution in [2.75, 3.05) is 30.8 Å². The molecule has 0 saturated carbocycles. The maximum Gasteiger partial charge on any atom is 0.322 e. The van der Waals surface area contributed by atoms with Crippen LogP contribution in [0.1, 0.15) is 0 Å². The van der Waals surface area contributed by atoms with E-state index in [0.717, 1.165) is 0 Å². The Kier molecular flexibility index (Phi) is 4.67. The van der Waals surface area contributed by atoms with Crippen LogP contribution in [0.5, 0.6) is 6.01 Å². The molecule has 1 aromatic heterocycles. The molecule has 0 unspecified atom stereocenters. The third kappa shape index (κ3) is 3.55. The highest BCUT2D eigenvalue weighted by atomic mass is 35.5. The molecule has 10 heteroatoms. The van der Waals surface area contributed by atoms with E-state index in [1.807, 2.05) is 0 Å². The smallest absolute Gasteiger partial charge is 0.322 e. The van der Waals surface area contributed by atoms with E-state index in [0.29, 0.717) is 0 Å². The third-order valence-corrected chi connectivity index (χ3v) is 4.37. The van der Waals surface area contributed by atoms with Crippen LogP contribution in [0.25, 0.3) is 0 Å². The van der Waals surface area contributed by atoms with Gasteiger partial charge in [0.05, 0.1) is 12.1 Å². The Morgan fingerprint density at radius 2 is 1.86 bits per heavy atom. The van der Waals surface area contributed by atoms with Crippen molar-refractivity contribution in [1.29, 1.82) is 0 Å². The summed E-state index contributed by atoms with van der Waals surface area (Å²) in [5, 5.41) is 0.101. The van der Waals surface area contributed by atoms with E-state index in [1.165, 1.54) is 19.2 Å². The van der Waals surface area contributed by atoms with Crippen LogP contribution in [0.15, 0.2) is 29.2 Å². The number of rotatable bonds is 5. The summed E-state index contributed by atoms with van der Waals surface area (Å²) in [5.41, 5.74) is 0. The first-order chi connectivity index (χ1) is 10.3. The van der Waals surface area contributed by atoms with Crippen LogP contribution in [0.2, 0.25) is 5.02 Å². The minimum atomic E-state index is -3.92. The topological polar surface area (TPSA) is 97.3 Å². The Hall–Kier alpha value is -2.13. The minimum Gasteiger partial charge on any atom is -0.467 e. The fourth-order valence-corrected chi connectivity index (χ4v) is 2.99. The van der Waals surface area contributed by atoms with Crippen molar-refractivity contribution < 1.29 is 13.2 Å². The number of benzene rings is 1. The van der Waals surface area contributed by atoms with Gasteiger partial charge in [-0.1, -0.05) is 23.7 Å². The molecule has 0 aliphatic carbocycles. The lowest BCUT2D eigenvalue weighted by molar-refractivity contribution is 0.379. The van der Waals surface area contributed by atoms with Crippen molar-refractivity contribution in [1.82, 2.24) is 15.0 Å². The molecule has 0 fully saturated rings. The molecule has 1 N–H and O–H groups in total. The third-order valence-electron chi connectivity index (χ3n) is 2.54. The van der Waals surface area contributed by atoms with Crippen LogP contribution >= 0.6 is 11.6 Å². The molecule has 0 atom stereocenters. The standard InChI is InChI=1S/C12H14ClN5O3S/c1-18(2)11-14-10(15-12(16-11)21-3)17-22(19,20)9-7-5-4-6-8(9)13/h4-7H,1-3H3,(H,14,15,16,17). The second-order valence-corrected chi connectivity index (χ2v) is 6.43. The number of halogens is 1. The number of sulfonamides is 1. The van der Waals surface area contributed by atoms with Gasteiger partial charge < -0.3 is 9.64 Å². The normalized spacial score (nSPS) is 11.1. The molecule has 0 amide bonds. The van der Waals surface area contributed by atoms with E-state index in [1.54, 1.807) is 31.1 Å². The zero-order valence-electron chi connectivity index (χ0n) is 12.1. The monoisotopic (exact) mass is 343 g/mol. The number of aromatic nitrogens is 3. The van der Waals surface area contributed by atoms with Crippen LogP contribution in [0, 0.1) is 0 Å². The Morgan fingerprint density at radius 3 is 2.45 bits per heavy atom. The van der Waals surface area contributed by atoms with Crippen molar-refractivity contribution in [3.05, 3.63) is 29.3 Å². The van der Waals surface area contributed by atoms with Crippen molar-refractivity contribution in [3.8, 4) is 6.01 Å². The van der Waals surface area contributed by atoms with E-state index in [4.69, 9.17) is 16.3 Å².